The van der Waals surface area contributed by atoms with Crippen molar-refractivity contribution in [3.63, 3.8) is 0 Å². The molecule has 26 heavy (non-hydrogen) atoms. The average molecular weight is 346 g/mol. The molecule has 0 atom stereocenters. The Kier molecular flexibility index (Phi) is 5.42. The lowest BCUT2D eigenvalue weighted by Gasteiger charge is -2.12. The Balaban J connectivity index is 1.90. The van der Waals surface area contributed by atoms with E-state index in [9.17, 15) is 9.59 Å². The zero-order chi connectivity index (χ0) is 18.4. The number of anilines is 1. The van der Waals surface area contributed by atoms with Crippen LogP contribution in [0.15, 0.2) is 65.7 Å². The maximum Gasteiger partial charge on any atom is 0.259 e. The SMILES string of the molecule is COc1ccc(CCN=C=O)cc1C(=O)Nc1cccc2ccccc12. The molecule has 0 aromatic heterocycles. The number of benzene rings is 3. The molecule has 3 aromatic carbocycles. The summed E-state index contributed by atoms with van der Waals surface area (Å²) in [6.45, 7) is 0.334. The van der Waals surface area contributed by atoms with Gasteiger partial charge in [-0.1, -0.05) is 42.5 Å². The number of rotatable bonds is 6. The fraction of sp³-hybridized carbons (Fsp3) is 0.143. The minimum Gasteiger partial charge on any atom is -0.496 e. The van der Waals surface area contributed by atoms with Crippen LogP contribution in [0.2, 0.25) is 0 Å². The molecule has 0 aliphatic rings. The molecule has 1 N–H and O–H groups in total. The summed E-state index contributed by atoms with van der Waals surface area (Å²) < 4.78 is 5.33. The molecule has 5 heteroatoms. The van der Waals surface area contributed by atoms with Crippen LogP contribution in [0.5, 0.6) is 5.75 Å². The lowest BCUT2D eigenvalue weighted by Crippen LogP contribution is -2.14. The van der Waals surface area contributed by atoms with Crippen LogP contribution in [-0.4, -0.2) is 25.6 Å². The summed E-state index contributed by atoms with van der Waals surface area (Å²) in [5, 5.41) is 4.99. The molecule has 3 rings (SSSR count). The molecule has 130 valence electrons. The zero-order valence-electron chi connectivity index (χ0n) is 14.4. The van der Waals surface area contributed by atoms with Crippen LogP contribution >= 0.6 is 0 Å². The number of aliphatic imine (C=N–C) groups is 1. The van der Waals surface area contributed by atoms with Crippen LogP contribution in [0.4, 0.5) is 5.69 Å². The Morgan fingerprint density at radius 1 is 1.12 bits per heavy atom. The summed E-state index contributed by atoms with van der Waals surface area (Å²) in [6.07, 6.45) is 2.07. The third-order valence-corrected chi connectivity index (χ3v) is 4.12. The van der Waals surface area contributed by atoms with Gasteiger partial charge >= 0.3 is 0 Å². The van der Waals surface area contributed by atoms with E-state index in [1.165, 1.54) is 13.2 Å². The van der Waals surface area contributed by atoms with Crippen molar-refractivity contribution in [3.05, 3.63) is 71.8 Å². The highest BCUT2D eigenvalue weighted by molar-refractivity contribution is 6.10. The predicted molar refractivity (Wildman–Crippen MR) is 102 cm³/mol. The predicted octanol–water partition coefficient (Wildman–Crippen LogP) is 3.98. The van der Waals surface area contributed by atoms with Crippen molar-refractivity contribution in [1.82, 2.24) is 0 Å². The fourth-order valence-electron chi connectivity index (χ4n) is 2.84. The van der Waals surface area contributed by atoms with E-state index in [0.717, 1.165) is 22.0 Å². The molecule has 0 radical (unpaired) electrons. The van der Waals surface area contributed by atoms with Gasteiger partial charge < -0.3 is 10.1 Å². The van der Waals surface area contributed by atoms with Gasteiger partial charge in [-0.3, -0.25) is 4.79 Å². The molecule has 0 saturated carbocycles. The van der Waals surface area contributed by atoms with Gasteiger partial charge in [-0.2, -0.15) is 0 Å². The number of hydrogen-bond acceptors (Lipinski definition) is 4. The van der Waals surface area contributed by atoms with E-state index in [2.05, 4.69) is 10.3 Å². The lowest BCUT2D eigenvalue weighted by atomic mass is 10.1. The number of nitrogens with one attached hydrogen (secondary N) is 1. The van der Waals surface area contributed by atoms with Gasteiger partial charge in [-0.25, -0.2) is 9.79 Å². The van der Waals surface area contributed by atoms with E-state index in [1.807, 2.05) is 48.5 Å². The van der Waals surface area contributed by atoms with Gasteiger partial charge in [0.25, 0.3) is 5.91 Å². The smallest absolute Gasteiger partial charge is 0.259 e. The Hall–Kier alpha value is -3.43. The van der Waals surface area contributed by atoms with Gasteiger partial charge in [0.05, 0.1) is 19.2 Å². The van der Waals surface area contributed by atoms with Crippen molar-refractivity contribution in [1.29, 1.82) is 0 Å². The summed E-state index contributed by atoms with van der Waals surface area (Å²) >= 11 is 0. The monoisotopic (exact) mass is 346 g/mol. The highest BCUT2D eigenvalue weighted by Gasteiger charge is 2.14. The van der Waals surface area contributed by atoms with E-state index in [-0.39, 0.29) is 5.91 Å². The molecule has 0 spiro atoms. The highest BCUT2D eigenvalue weighted by atomic mass is 16.5. The number of fused-ring (bicyclic) bond motifs is 1. The molecule has 0 saturated heterocycles. The number of hydrogen-bond donors (Lipinski definition) is 1. The van der Waals surface area contributed by atoms with Crippen LogP contribution in [0.1, 0.15) is 15.9 Å². The minimum absolute atomic E-state index is 0.251. The molecule has 0 aliphatic carbocycles. The summed E-state index contributed by atoms with van der Waals surface area (Å²) in [5.41, 5.74) is 2.08. The summed E-state index contributed by atoms with van der Waals surface area (Å²) in [6, 6.07) is 19.0. The number of carbonyl (C=O) groups excluding carboxylic acids is 2. The highest BCUT2D eigenvalue weighted by Crippen LogP contribution is 2.26. The van der Waals surface area contributed by atoms with Gasteiger partial charge in [0, 0.05) is 11.1 Å². The van der Waals surface area contributed by atoms with Gasteiger partial charge in [-0.05, 0) is 35.6 Å². The van der Waals surface area contributed by atoms with Crippen LogP contribution < -0.4 is 10.1 Å². The second-order valence-electron chi connectivity index (χ2n) is 5.74. The van der Waals surface area contributed by atoms with Crippen molar-refractivity contribution < 1.29 is 14.3 Å². The topological polar surface area (TPSA) is 67.8 Å². The number of carbonyl (C=O) groups is 1. The fourth-order valence-corrected chi connectivity index (χ4v) is 2.84. The van der Waals surface area contributed by atoms with Crippen LogP contribution in [0, 0.1) is 0 Å². The number of isocyanates is 1. The maximum absolute atomic E-state index is 12.8. The summed E-state index contributed by atoms with van der Waals surface area (Å²) in [5.74, 6) is 0.240. The van der Waals surface area contributed by atoms with Gasteiger partial charge in [0.2, 0.25) is 6.08 Å². The van der Waals surface area contributed by atoms with E-state index >= 15 is 0 Å². The third kappa shape index (κ3) is 3.79. The molecule has 0 aliphatic heterocycles. The molecular weight excluding hydrogens is 328 g/mol. The van der Waals surface area contributed by atoms with Crippen molar-refractivity contribution >= 4 is 28.4 Å². The first-order chi connectivity index (χ1) is 12.7. The van der Waals surface area contributed by atoms with Crippen LogP contribution in [-0.2, 0) is 11.2 Å². The quantitative estimate of drug-likeness (QED) is 0.542. The van der Waals surface area contributed by atoms with Crippen molar-refractivity contribution in [2.24, 2.45) is 4.99 Å². The second kappa shape index (κ2) is 8.10. The number of methoxy groups -OCH3 is 1. The Morgan fingerprint density at radius 3 is 2.73 bits per heavy atom. The number of nitrogens with zero attached hydrogens (tertiary/aromatic N) is 1. The van der Waals surface area contributed by atoms with E-state index in [0.29, 0.717) is 24.3 Å². The second-order valence-corrected chi connectivity index (χ2v) is 5.74. The molecule has 0 fully saturated rings. The van der Waals surface area contributed by atoms with Crippen molar-refractivity contribution in [2.45, 2.75) is 6.42 Å². The Bertz CT molecular complexity index is 986. The average Bonchev–Trinajstić information content (AvgIpc) is 2.68. The normalized spacial score (nSPS) is 10.2. The first kappa shape index (κ1) is 17.4. The van der Waals surface area contributed by atoms with Gasteiger partial charge in [-0.15, -0.1) is 0 Å². The molecule has 3 aromatic rings. The minimum atomic E-state index is -0.251. The molecule has 0 heterocycles. The maximum atomic E-state index is 12.8. The van der Waals surface area contributed by atoms with Crippen LogP contribution in [0.25, 0.3) is 10.8 Å². The molecule has 0 bridgehead atoms. The van der Waals surface area contributed by atoms with Gasteiger partial charge in [0.15, 0.2) is 0 Å². The van der Waals surface area contributed by atoms with Crippen LogP contribution in [0.3, 0.4) is 0 Å². The molecular formula is C21H18N2O3. The first-order valence-corrected chi connectivity index (χ1v) is 8.22. The Labute approximate surface area is 151 Å². The summed E-state index contributed by atoms with van der Waals surface area (Å²) in [7, 11) is 1.53. The standard InChI is InChI=1S/C21H18N2O3/c1-26-20-10-9-15(11-12-22-14-24)13-18(20)21(25)23-19-8-4-6-16-5-2-3-7-17(16)19/h2-10,13H,11-12H2,1H3,(H,23,25). The van der Waals surface area contributed by atoms with Gasteiger partial charge in [0.1, 0.15) is 5.75 Å². The van der Waals surface area contributed by atoms with Crippen molar-refractivity contribution in [2.75, 3.05) is 19.0 Å². The lowest BCUT2D eigenvalue weighted by molar-refractivity contribution is 0.102. The molecule has 0 unspecified atom stereocenters. The largest absolute Gasteiger partial charge is 0.496 e. The van der Waals surface area contributed by atoms with Crippen molar-refractivity contribution in [3.8, 4) is 5.75 Å². The first-order valence-electron chi connectivity index (χ1n) is 8.22. The molecule has 5 nitrogen and oxygen atoms in total. The molecule has 1 amide bonds. The summed E-state index contributed by atoms with van der Waals surface area (Å²) in [4.78, 5) is 26.6. The van der Waals surface area contributed by atoms with E-state index in [1.54, 1.807) is 12.1 Å². The Morgan fingerprint density at radius 2 is 1.92 bits per heavy atom. The van der Waals surface area contributed by atoms with E-state index < -0.39 is 0 Å². The zero-order valence-corrected chi connectivity index (χ0v) is 14.4. The van der Waals surface area contributed by atoms with E-state index in [4.69, 9.17) is 4.74 Å². The number of ether oxygens (including phenoxy) is 1. The third-order valence-electron chi connectivity index (χ3n) is 4.12. The number of amides is 1.